The molecule has 1 aromatic rings. The summed E-state index contributed by atoms with van der Waals surface area (Å²) in [5.41, 5.74) is 1.06. The summed E-state index contributed by atoms with van der Waals surface area (Å²) in [5.74, 6) is -0.143. The van der Waals surface area contributed by atoms with E-state index in [9.17, 15) is 4.39 Å². The van der Waals surface area contributed by atoms with Gasteiger partial charge in [-0.1, -0.05) is 31.9 Å². The Morgan fingerprint density at radius 2 is 1.95 bits per heavy atom. The van der Waals surface area contributed by atoms with E-state index in [1.807, 2.05) is 6.07 Å². The van der Waals surface area contributed by atoms with Crippen molar-refractivity contribution in [3.63, 3.8) is 0 Å². The van der Waals surface area contributed by atoms with Crippen molar-refractivity contribution in [2.45, 2.75) is 45.1 Å². The van der Waals surface area contributed by atoms with Gasteiger partial charge in [-0.25, -0.2) is 4.39 Å². The summed E-state index contributed by atoms with van der Waals surface area (Å²) in [4.78, 5) is 2.55. The Kier molecular flexibility index (Phi) is 6.48. The van der Waals surface area contributed by atoms with Crippen LogP contribution in [0.2, 0.25) is 0 Å². The van der Waals surface area contributed by atoms with Crippen molar-refractivity contribution in [3.8, 4) is 0 Å². The minimum Gasteiger partial charge on any atom is -0.309 e. The first-order valence-corrected chi connectivity index (χ1v) is 8.01. The zero-order valence-electron chi connectivity index (χ0n) is 12.6. The van der Waals surface area contributed by atoms with E-state index in [4.69, 9.17) is 0 Å². The molecule has 1 heterocycles. The maximum Gasteiger partial charge on any atom is 0.123 e. The number of benzene rings is 1. The number of likely N-dealkylation sites (tertiary alicyclic amines) is 1. The molecule has 1 aliphatic rings. The average Bonchev–Trinajstić information content (AvgIpc) is 2.72. The number of halogens is 1. The second-order valence-electron chi connectivity index (χ2n) is 5.73. The van der Waals surface area contributed by atoms with Gasteiger partial charge in [0.15, 0.2) is 0 Å². The van der Waals surface area contributed by atoms with E-state index < -0.39 is 0 Å². The van der Waals surface area contributed by atoms with Crippen molar-refractivity contribution in [3.05, 3.63) is 35.6 Å². The molecule has 1 aliphatic heterocycles. The van der Waals surface area contributed by atoms with Gasteiger partial charge in [0.1, 0.15) is 5.82 Å². The molecule has 2 rings (SSSR count). The highest BCUT2D eigenvalue weighted by Gasteiger charge is 2.11. The van der Waals surface area contributed by atoms with Gasteiger partial charge in [0.05, 0.1) is 0 Å². The Balaban J connectivity index is 1.78. The van der Waals surface area contributed by atoms with E-state index in [0.717, 1.165) is 25.1 Å². The van der Waals surface area contributed by atoms with Crippen LogP contribution in [0.5, 0.6) is 0 Å². The van der Waals surface area contributed by atoms with Crippen molar-refractivity contribution in [2.24, 2.45) is 0 Å². The minimum absolute atomic E-state index is 0.143. The third-order valence-corrected chi connectivity index (χ3v) is 4.18. The zero-order chi connectivity index (χ0) is 14.2. The molecule has 1 fully saturated rings. The standard InChI is InChI=1S/C17H27FN2/c1-2-17(15-8-7-9-16(18)14-15)19-10-13-20-11-5-3-4-6-12-20/h7-9,14,17,19H,2-6,10-13H2,1H3. The number of hydrogen-bond acceptors (Lipinski definition) is 2. The van der Waals surface area contributed by atoms with Crippen molar-refractivity contribution in [1.29, 1.82) is 0 Å². The fourth-order valence-electron chi connectivity index (χ4n) is 2.98. The lowest BCUT2D eigenvalue weighted by Gasteiger charge is -2.23. The molecule has 1 unspecified atom stereocenters. The lowest BCUT2D eigenvalue weighted by Crippen LogP contribution is -2.34. The topological polar surface area (TPSA) is 15.3 Å². The molecule has 20 heavy (non-hydrogen) atoms. The van der Waals surface area contributed by atoms with Gasteiger partial charge >= 0.3 is 0 Å². The van der Waals surface area contributed by atoms with Crippen LogP contribution in [0.4, 0.5) is 4.39 Å². The lowest BCUT2D eigenvalue weighted by atomic mass is 10.0. The summed E-state index contributed by atoms with van der Waals surface area (Å²) in [6, 6.07) is 7.22. The van der Waals surface area contributed by atoms with E-state index >= 15 is 0 Å². The average molecular weight is 278 g/mol. The third-order valence-electron chi connectivity index (χ3n) is 4.18. The van der Waals surface area contributed by atoms with Gasteiger partial charge in [-0.2, -0.15) is 0 Å². The van der Waals surface area contributed by atoms with Gasteiger partial charge in [0, 0.05) is 19.1 Å². The summed E-state index contributed by atoms with van der Waals surface area (Å²) >= 11 is 0. The number of rotatable bonds is 6. The van der Waals surface area contributed by atoms with E-state index in [-0.39, 0.29) is 11.9 Å². The van der Waals surface area contributed by atoms with Crippen LogP contribution in [0.15, 0.2) is 24.3 Å². The number of nitrogens with zero attached hydrogens (tertiary/aromatic N) is 1. The van der Waals surface area contributed by atoms with Crippen LogP contribution < -0.4 is 5.32 Å². The van der Waals surface area contributed by atoms with Gasteiger partial charge < -0.3 is 10.2 Å². The van der Waals surface area contributed by atoms with Crippen LogP contribution in [0, 0.1) is 5.82 Å². The molecule has 0 saturated carbocycles. The highest BCUT2D eigenvalue weighted by atomic mass is 19.1. The molecule has 0 aliphatic carbocycles. The molecule has 1 N–H and O–H groups in total. The van der Waals surface area contributed by atoms with E-state index in [0.29, 0.717) is 0 Å². The van der Waals surface area contributed by atoms with Crippen LogP contribution in [-0.2, 0) is 0 Å². The molecule has 112 valence electrons. The maximum atomic E-state index is 13.3. The second kappa shape index (κ2) is 8.38. The van der Waals surface area contributed by atoms with Gasteiger partial charge in [-0.15, -0.1) is 0 Å². The van der Waals surface area contributed by atoms with Gasteiger partial charge in [-0.3, -0.25) is 0 Å². The molecule has 0 amide bonds. The summed E-state index contributed by atoms with van der Waals surface area (Å²) in [5, 5.41) is 3.57. The van der Waals surface area contributed by atoms with E-state index in [1.54, 1.807) is 12.1 Å². The normalized spacial score (nSPS) is 18.7. The molecule has 1 aromatic carbocycles. The zero-order valence-corrected chi connectivity index (χ0v) is 12.6. The molecular weight excluding hydrogens is 251 g/mol. The second-order valence-corrected chi connectivity index (χ2v) is 5.73. The Morgan fingerprint density at radius 1 is 1.20 bits per heavy atom. The third kappa shape index (κ3) is 4.88. The molecular formula is C17H27FN2. The Morgan fingerprint density at radius 3 is 2.60 bits per heavy atom. The van der Waals surface area contributed by atoms with Crippen molar-refractivity contribution in [2.75, 3.05) is 26.2 Å². The van der Waals surface area contributed by atoms with Crippen LogP contribution in [0.25, 0.3) is 0 Å². The summed E-state index contributed by atoms with van der Waals surface area (Å²) < 4.78 is 13.3. The molecule has 2 nitrogen and oxygen atoms in total. The Bertz CT molecular complexity index is 386. The molecule has 0 radical (unpaired) electrons. The maximum absolute atomic E-state index is 13.3. The predicted molar refractivity (Wildman–Crippen MR) is 82.3 cm³/mol. The monoisotopic (exact) mass is 278 g/mol. The van der Waals surface area contributed by atoms with Crippen LogP contribution in [-0.4, -0.2) is 31.1 Å². The summed E-state index contributed by atoms with van der Waals surface area (Å²) in [7, 11) is 0. The van der Waals surface area contributed by atoms with Crippen LogP contribution in [0.1, 0.15) is 50.6 Å². The molecule has 1 saturated heterocycles. The molecule has 0 bridgehead atoms. The first-order valence-electron chi connectivity index (χ1n) is 8.01. The smallest absolute Gasteiger partial charge is 0.123 e. The lowest BCUT2D eigenvalue weighted by molar-refractivity contribution is 0.278. The predicted octanol–water partition coefficient (Wildman–Crippen LogP) is 3.74. The van der Waals surface area contributed by atoms with Gasteiger partial charge in [0.25, 0.3) is 0 Å². The molecule has 0 spiro atoms. The fourth-order valence-corrected chi connectivity index (χ4v) is 2.98. The van der Waals surface area contributed by atoms with E-state index in [1.165, 1.54) is 44.8 Å². The van der Waals surface area contributed by atoms with Crippen molar-refractivity contribution >= 4 is 0 Å². The first-order chi connectivity index (χ1) is 9.79. The quantitative estimate of drug-likeness (QED) is 0.852. The fraction of sp³-hybridized carbons (Fsp3) is 0.647. The van der Waals surface area contributed by atoms with Crippen LogP contribution in [0.3, 0.4) is 0 Å². The summed E-state index contributed by atoms with van der Waals surface area (Å²) in [6.07, 6.45) is 6.42. The first kappa shape index (κ1) is 15.5. The van der Waals surface area contributed by atoms with Gasteiger partial charge in [-0.05, 0) is 50.0 Å². The van der Waals surface area contributed by atoms with Crippen LogP contribution >= 0.6 is 0 Å². The van der Waals surface area contributed by atoms with Crippen molar-refractivity contribution < 1.29 is 4.39 Å². The Hall–Kier alpha value is -0.930. The molecule has 1 atom stereocenters. The van der Waals surface area contributed by atoms with Crippen molar-refractivity contribution in [1.82, 2.24) is 10.2 Å². The molecule has 0 aromatic heterocycles. The highest BCUT2D eigenvalue weighted by Crippen LogP contribution is 2.17. The highest BCUT2D eigenvalue weighted by molar-refractivity contribution is 5.20. The van der Waals surface area contributed by atoms with Gasteiger partial charge in [0.2, 0.25) is 0 Å². The molecule has 3 heteroatoms. The Labute approximate surface area is 122 Å². The van der Waals surface area contributed by atoms with E-state index in [2.05, 4.69) is 17.1 Å². The number of hydrogen-bond donors (Lipinski definition) is 1. The minimum atomic E-state index is -0.143. The number of nitrogens with one attached hydrogen (secondary N) is 1. The summed E-state index contributed by atoms with van der Waals surface area (Å²) in [6.45, 7) is 6.70. The SMILES string of the molecule is CCC(NCCN1CCCCCC1)c1cccc(F)c1. The largest absolute Gasteiger partial charge is 0.309 e.